The van der Waals surface area contributed by atoms with Crippen molar-refractivity contribution in [2.24, 2.45) is 4.99 Å². The molecule has 0 amide bonds. The van der Waals surface area contributed by atoms with Gasteiger partial charge in [0.05, 0.1) is 16.3 Å². The van der Waals surface area contributed by atoms with Crippen LogP contribution < -0.4 is 4.74 Å². The van der Waals surface area contributed by atoms with Gasteiger partial charge in [0, 0.05) is 14.5 Å². The molecule has 0 bridgehead atoms. The van der Waals surface area contributed by atoms with Crippen LogP contribution >= 0.6 is 47.8 Å². The van der Waals surface area contributed by atoms with Gasteiger partial charge in [-0.25, -0.2) is 14.6 Å². The molecule has 1 aliphatic rings. The summed E-state index contributed by atoms with van der Waals surface area (Å²) in [6.07, 6.45) is 2.94. The maximum Gasteiger partial charge on any atom is 0.363 e. The molecule has 30 heavy (non-hydrogen) atoms. The predicted molar refractivity (Wildman–Crippen MR) is 120 cm³/mol. The maximum absolute atomic E-state index is 12.6. The highest BCUT2D eigenvalue weighted by Gasteiger charge is 2.27. The second kappa shape index (κ2) is 8.71. The van der Waals surface area contributed by atoms with E-state index >= 15 is 0 Å². The molecule has 0 spiro atoms. The summed E-state index contributed by atoms with van der Waals surface area (Å²) in [6, 6.07) is 13.5. The number of rotatable bonds is 4. The van der Waals surface area contributed by atoms with Gasteiger partial charge in [0.2, 0.25) is 0 Å². The summed E-state index contributed by atoms with van der Waals surface area (Å²) in [6.45, 7) is 0. The molecule has 150 valence electrons. The third-order valence-corrected chi connectivity index (χ3v) is 5.53. The minimum absolute atomic E-state index is 0.0485. The molecule has 0 aliphatic carbocycles. The van der Waals surface area contributed by atoms with Gasteiger partial charge < -0.3 is 13.9 Å². The van der Waals surface area contributed by atoms with Crippen LogP contribution in [-0.4, -0.2) is 17.8 Å². The van der Waals surface area contributed by atoms with E-state index in [1.807, 2.05) is 0 Å². The second-order valence-corrected chi connectivity index (χ2v) is 8.70. The average Bonchev–Trinajstić information content (AvgIpc) is 3.35. The van der Waals surface area contributed by atoms with Crippen LogP contribution in [0.3, 0.4) is 0 Å². The Morgan fingerprint density at radius 2 is 1.80 bits per heavy atom. The number of ether oxygens (including phenoxy) is 2. The van der Waals surface area contributed by atoms with E-state index in [-0.39, 0.29) is 17.3 Å². The molecule has 9 heteroatoms. The summed E-state index contributed by atoms with van der Waals surface area (Å²) in [7, 11) is 0. The van der Waals surface area contributed by atoms with Crippen molar-refractivity contribution in [3.05, 3.63) is 90.8 Å². The van der Waals surface area contributed by atoms with E-state index < -0.39 is 11.9 Å². The van der Waals surface area contributed by atoms with E-state index in [1.165, 1.54) is 12.3 Å². The molecule has 0 fully saturated rings. The molecule has 3 aromatic rings. The number of carbonyl (C=O) groups excluding carboxylic acids is 2. The fourth-order valence-electron chi connectivity index (χ4n) is 2.59. The molecular formula is C21H10Br3NO5. The predicted octanol–water partition coefficient (Wildman–Crippen LogP) is 6.13. The summed E-state index contributed by atoms with van der Waals surface area (Å²) < 4.78 is 18.1. The molecule has 0 atom stereocenters. The number of nitrogens with zero attached hydrogens (tertiary/aromatic N) is 1. The minimum Gasteiger partial charge on any atom is -0.459 e. The molecule has 1 aliphatic heterocycles. The third kappa shape index (κ3) is 4.48. The van der Waals surface area contributed by atoms with E-state index in [0.717, 1.165) is 4.47 Å². The molecular weight excluding hydrogens is 586 g/mol. The Labute approximate surface area is 196 Å². The summed E-state index contributed by atoms with van der Waals surface area (Å²) >= 11 is 10.1. The van der Waals surface area contributed by atoms with Crippen LogP contribution in [0.4, 0.5) is 0 Å². The molecule has 2 aromatic carbocycles. The Bertz CT molecular complexity index is 1200. The van der Waals surface area contributed by atoms with Crippen molar-refractivity contribution in [1.29, 1.82) is 0 Å². The monoisotopic (exact) mass is 593 g/mol. The maximum atomic E-state index is 12.6. The largest absolute Gasteiger partial charge is 0.459 e. The van der Waals surface area contributed by atoms with E-state index in [9.17, 15) is 9.59 Å². The van der Waals surface area contributed by atoms with Crippen molar-refractivity contribution in [2.45, 2.75) is 0 Å². The number of carbonyl (C=O) groups is 2. The first-order chi connectivity index (χ1) is 14.4. The summed E-state index contributed by atoms with van der Waals surface area (Å²) in [5.41, 5.74) is 0.885. The average molecular weight is 596 g/mol. The fourth-order valence-corrected chi connectivity index (χ4v) is 4.20. The van der Waals surface area contributed by atoms with Crippen LogP contribution in [0.5, 0.6) is 5.75 Å². The van der Waals surface area contributed by atoms with E-state index in [2.05, 4.69) is 52.8 Å². The minimum atomic E-state index is -0.636. The van der Waals surface area contributed by atoms with Crippen LogP contribution in [0.15, 0.2) is 83.3 Å². The number of benzene rings is 2. The topological polar surface area (TPSA) is 78.1 Å². The van der Waals surface area contributed by atoms with Gasteiger partial charge in [0.25, 0.3) is 5.90 Å². The van der Waals surface area contributed by atoms with Gasteiger partial charge in [0.15, 0.2) is 17.2 Å². The van der Waals surface area contributed by atoms with Crippen molar-refractivity contribution in [1.82, 2.24) is 0 Å². The number of esters is 2. The van der Waals surface area contributed by atoms with Gasteiger partial charge in [-0.3, -0.25) is 0 Å². The summed E-state index contributed by atoms with van der Waals surface area (Å²) in [5.74, 6) is -0.530. The lowest BCUT2D eigenvalue weighted by Gasteiger charge is -2.11. The summed E-state index contributed by atoms with van der Waals surface area (Å²) in [4.78, 5) is 29.1. The molecule has 0 radical (unpaired) electrons. The van der Waals surface area contributed by atoms with E-state index in [1.54, 1.807) is 48.5 Å². The molecule has 0 unspecified atom stereocenters. The highest BCUT2D eigenvalue weighted by Crippen LogP contribution is 2.35. The number of halogens is 3. The Morgan fingerprint density at radius 1 is 1.03 bits per heavy atom. The van der Waals surface area contributed by atoms with Crippen molar-refractivity contribution in [3.63, 3.8) is 0 Å². The van der Waals surface area contributed by atoms with Crippen LogP contribution in [0, 0.1) is 0 Å². The zero-order valence-electron chi connectivity index (χ0n) is 14.9. The van der Waals surface area contributed by atoms with Crippen LogP contribution in [0.25, 0.3) is 6.08 Å². The molecule has 4 rings (SSSR count). The Kier molecular flexibility index (Phi) is 6.03. The number of hydrogen-bond donors (Lipinski definition) is 0. The molecule has 0 saturated carbocycles. The van der Waals surface area contributed by atoms with Gasteiger partial charge >= 0.3 is 11.9 Å². The first kappa shape index (κ1) is 20.8. The molecule has 0 saturated heterocycles. The lowest BCUT2D eigenvalue weighted by atomic mass is 10.1. The number of aliphatic imine (C=N–C) groups is 1. The standard InChI is InChI=1S/C21H10Br3NO5/c22-13-5-3-11(4-6-13)20(26)29-18-12(8-14(23)10-15(18)24)9-16-21(27)30-19(25-16)17-2-1-7-28-17/h1-10H/b16-9+. The Hall–Kier alpha value is -2.49. The third-order valence-electron chi connectivity index (χ3n) is 3.96. The second-order valence-electron chi connectivity index (χ2n) is 6.02. The Morgan fingerprint density at radius 3 is 2.50 bits per heavy atom. The first-order valence-electron chi connectivity index (χ1n) is 8.44. The van der Waals surface area contributed by atoms with Gasteiger partial charge in [-0.05, 0) is 70.5 Å². The molecule has 1 aromatic heterocycles. The zero-order chi connectivity index (χ0) is 21.3. The van der Waals surface area contributed by atoms with Crippen LogP contribution in [-0.2, 0) is 9.53 Å². The quantitative estimate of drug-likeness (QED) is 0.206. The van der Waals surface area contributed by atoms with E-state index in [0.29, 0.717) is 25.8 Å². The normalized spacial score (nSPS) is 14.6. The van der Waals surface area contributed by atoms with Gasteiger partial charge in [-0.1, -0.05) is 31.9 Å². The number of cyclic esters (lactones) is 1. The van der Waals surface area contributed by atoms with Crippen molar-refractivity contribution >= 4 is 71.7 Å². The van der Waals surface area contributed by atoms with Gasteiger partial charge in [-0.15, -0.1) is 0 Å². The summed E-state index contributed by atoms with van der Waals surface area (Å²) in [5, 5.41) is 0. The first-order valence-corrected chi connectivity index (χ1v) is 10.8. The molecule has 0 N–H and O–H groups in total. The molecule has 6 nitrogen and oxygen atoms in total. The van der Waals surface area contributed by atoms with Crippen molar-refractivity contribution < 1.29 is 23.5 Å². The highest BCUT2D eigenvalue weighted by molar-refractivity contribution is 9.11. The SMILES string of the molecule is O=C1OC(c2ccco2)=N/C1=C/c1cc(Br)cc(Br)c1OC(=O)c1ccc(Br)cc1. The van der Waals surface area contributed by atoms with Gasteiger partial charge in [0.1, 0.15) is 0 Å². The van der Waals surface area contributed by atoms with E-state index in [4.69, 9.17) is 13.9 Å². The highest BCUT2D eigenvalue weighted by atomic mass is 79.9. The van der Waals surface area contributed by atoms with Crippen LogP contribution in [0.2, 0.25) is 0 Å². The molecule has 2 heterocycles. The van der Waals surface area contributed by atoms with Crippen molar-refractivity contribution in [3.8, 4) is 5.75 Å². The van der Waals surface area contributed by atoms with Crippen LogP contribution in [0.1, 0.15) is 21.7 Å². The number of hydrogen-bond acceptors (Lipinski definition) is 6. The lowest BCUT2D eigenvalue weighted by molar-refractivity contribution is -0.130. The fraction of sp³-hybridized carbons (Fsp3) is 0. The van der Waals surface area contributed by atoms with Gasteiger partial charge in [-0.2, -0.15) is 0 Å². The van der Waals surface area contributed by atoms with Crippen molar-refractivity contribution in [2.75, 3.05) is 0 Å². The Balaban J connectivity index is 1.70. The zero-order valence-corrected chi connectivity index (χ0v) is 19.7. The smallest absolute Gasteiger partial charge is 0.363 e. The number of furan rings is 1. The lowest BCUT2D eigenvalue weighted by Crippen LogP contribution is -2.10.